The summed E-state index contributed by atoms with van der Waals surface area (Å²) in [5.74, 6) is -0.983. The van der Waals surface area contributed by atoms with E-state index in [1.54, 1.807) is 0 Å². The second kappa shape index (κ2) is 4.90. The summed E-state index contributed by atoms with van der Waals surface area (Å²) in [6, 6.07) is 4.20. The molecule has 0 aliphatic carbocycles. The molecule has 0 radical (unpaired) electrons. The van der Waals surface area contributed by atoms with Crippen molar-refractivity contribution >= 4 is 33.8 Å². The van der Waals surface area contributed by atoms with Crippen molar-refractivity contribution in [2.45, 2.75) is 6.42 Å². The Morgan fingerprint density at radius 1 is 1.47 bits per heavy atom. The van der Waals surface area contributed by atoms with Crippen LogP contribution in [0.4, 0.5) is 5.69 Å². The van der Waals surface area contributed by atoms with Crippen LogP contribution in [0.3, 0.4) is 0 Å². The van der Waals surface area contributed by atoms with Crippen LogP contribution in [0.15, 0.2) is 22.6 Å². The van der Waals surface area contributed by atoms with Gasteiger partial charge in [-0.2, -0.15) is 8.42 Å². The summed E-state index contributed by atoms with van der Waals surface area (Å²) in [5, 5.41) is 8.62. The minimum Gasteiger partial charge on any atom is -0.481 e. The Hall–Kier alpha value is -1.40. The number of aliphatic carboxylic acids is 1. The molecule has 15 heavy (non-hydrogen) atoms. The molecular formula is C8H6ClNO4S. The van der Waals surface area contributed by atoms with Crippen LogP contribution in [0.2, 0.25) is 5.02 Å². The molecular weight excluding hydrogens is 242 g/mol. The number of hydrogen-bond acceptors (Lipinski definition) is 4. The van der Waals surface area contributed by atoms with Crippen molar-refractivity contribution in [3.63, 3.8) is 0 Å². The van der Waals surface area contributed by atoms with Gasteiger partial charge in [0.05, 0.1) is 17.1 Å². The summed E-state index contributed by atoms with van der Waals surface area (Å²) in [6.07, 6.45) is -0.166. The van der Waals surface area contributed by atoms with Gasteiger partial charge in [-0.25, -0.2) is 0 Å². The van der Waals surface area contributed by atoms with Crippen molar-refractivity contribution in [3.05, 3.63) is 28.8 Å². The van der Waals surface area contributed by atoms with E-state index in [-0.39, 0.29) is 17.1 Å². The quantitative estimate of drug-likeness (QED) is 0.880. The second-order valence-electron chi connectivity index (χ2n) is 2.66. The summed E-state index contributed by atoms with van der Waals surface area (Å²) in [5.41, 5.74) is 0.585. The van der Waals surface area contributed by atoms with E-state index in [4.69, 9.17) is 16.7 Å². The number of nitrogens with zero attached hydrogens (tertiary/aromatic N) is 1. The van der Waals surface area contributed by atoms with Crippen molar-refractivity contribution in [1.29, 1.82) is 0 Å². The zero-order chi connectivity index (χ0) is 11.4. The molecule has 0 heterocycles. The topological polar surface area (TPSA) is 83.8 Å². The molecule has 0 unspecified atom stereocenters. The lowest BCUT2D eigenvalue weighted by Crippen LogP contribution is -1.99. The van der Waals surface area contributed by atoms with Gasteiger partial charge in [0, 0.05) is 0 Å². The third-order valence-electron chi connectivity index (χ3n) is 1.54. The highest BCUT2D eigenvalue weighted by Crippen LogP contribution is 2.25. The van der Waals surface area contributed by atoms with Gasteiger partial charge in [0.15, 0.2) is 0 Å². The number of hydrogen-bond donors (Lipinski definition) is 1. The van der Waals surface area contributed by atoms with Gasteiger partial charge < -0.3 is 5.11 Å². The lowest BCUT2D eigenvalue weighted by molar-refractivity contribution is -0.136. The zero-order valence-corrected chi connectivity index (χ0v) is 8.92. The molecule has 0 fully saturated rings. The molecule has 0 spiro atoms. The zero-order valence-electron chi connectivity index (χ0n) is 7.34. The van der Waals surface area contributed by atoms with Crippen LogP contribution in [0.5, 0.6) is 0 Å². The monoisotopic (exact) mass is 247 g/mol. The van der Waals surface area contributed by atoms with Gasteiger partial charge in [0.25, 0.3) is 0 Å². The van der Waals surface area contributed by atoms with E-state index in [0.717, 1.165) is 0 Å². The maximum atomic E-state index is 10.4. The predicted octanol–water partition coefficient (Wildman–Crippen LogP) is 1.66. The normalized spacial score (nSPS) is 9.67. The highest BCUT2D eigenvalue weighted by Gasteiger charge is 2.04. The Bertz CT molecular complexity index is 515. The molecule has 0 aliphatic heterocycles. The van der Waals surface area contributed by atoms with Crippen LogP contribution in [0, 0.1) is 0 Å². The summed E-state index contributed by atoms with van der Waals surface area (Å²) >= 11 is 5.70. The Morgan fingerprint density at radius 3 is 2.60 bits per heavy atom. The number of halogens is 1. The van der Waals surface area contributed by atoms with Gasteiger partial charge in [-0.1, -0.05) is 17.7 Å². The molecule has 0 aromatic heterocycles. The fourth-order valence-electron chi connectivity index (χ4n) is 0.989. The number of benzene rings is 1. The summed E-state index contributed by atoms with van der Waals surface area (Å²) in [6.45, 7) is 0. The molecule has 1 aromatic carbocycles. The number of carboxylic acids is 1. The van der Waals surface area contributed by atoms with Gasteiger partial charge in [-0.15, -0.1) is 4.36 Å². The molecule has 0 aliphatic rings. The average molecular weight is 248 g/mol. The minimum absolute atomic E-state index is 0.0964. The van der Waals surface area contributed by atoms with Gasteiger partial charge in [0.2, 0.25) is 0 Å². The minimum atomic E-state index is -2.57. The highest BCUT2D eigenvalue weighted by atomic mass is 35.5. The van der Waals surface area contributed by atoms with Gasteiger partial charge >= 0.3 is 16.5 Å². The Balaban J connectivity index is 3.08. The fourth-order valence-corrected chi connectivity index (χ4v) is 1.60. The van der Waals surface area contributed by atoms with E-state index in [1.807, 2.05) is 0 Å². The lowest BCUT2D eigenvalue weighted by Gasteiger charge is -1.99. The SMILES string of the molecule is O=C(O)Cc1ccc(N=S(=O)=O)c(Cl)c1. The molecule has 1 rings (SSSR count). The van der Waals surface area contributed by atoms with Crippen molar-refractivity contribution in [3.8, 4) is 0 Å². The predicted molar refractivity (Wildman–Crippen MR) is 53.8 cm³/mol. The van der Waals surface area contributed by atoms with E-state index < -0.39 is 16.5 Å². The van der Waals surface area contributed by atoms with Crippen LogP contribution in [-0.2, 0) is 21.7 Å². The number of rotatable bonds is 3. The third-order valence-corrected chi connectivity index (χ3v) is 2.19. The molecule has 7 heteroatoms. The van der Waals surface area contributed by atoms with Crippen LogP contribution in [0.1, 0.15) is 5.56 Å². The summed E-state index contributed by atoms with van der Waals surface area (Å²) in [4.78, 5) is 10.4. The molecule has 0 amide bonds. The first-order valence-electron chi connectivity index (χ1n) is 3.80. The molecule has 1 N–H and O–H groups in total. The van der Waals surface area contributed by atoms with Crippen LogP contribution >= 0.6 is 11.6 Å². The second-order valence-corrected chi connectivity index (χ2v) is 3.69. The lowest BCUT2D eigenvalue weighted by atomic mass is 10.1. The first kappa shape index (κ1) is 11.7. The van der Waals surface area contributed by atoms with Crippen molar-refractivity contribution in [2.24, 2.45) is 4.36 Å². The molecule has 1 aromatic rings. The largest absolute Gasteiger partial charge is 0.481 e. The molecule has 0 atom stereocenters. The molecule has 0 saturated carbocycles. The molecule has 80 valence electrons. The average Bonchev–Trinajstić information content (AvgIpc) is 2.08. The Labute approximate surface area is 92.0 Å². The Kier molecular flexibility index (Phi) is 3.81. The van der Waals surface area contributed by atoms with Gasteiger partial charge in [-0.3, -0.25) is 4.79 Å². The van der Waals surface area contributed by atoms with Crippen molar-refractivity contribution in [1.82, 2.24) is 0 Å². The third kappa shape index (κ3) is 3.69. The standard InChI is InChI=1S/C8H6ClNO4S/c9-6-3-5(4-8(11)12)1-2-7(6)10-15(13)14/h1-3H,4H2,(H,11,12). The van der Waals surface area contributed by atoms with Gasteiger partial charge in [-0.05, 0) is 17.7 Å². The van der Waals surface area contributed by atoms with Gasteiger partial charge in [0.1, 0.15) is 0 Å². The van der Waals surface area contributed by atoms with Crippen LogP contribution < -0.4 is 0 Å². The smallest absolute Gasteiger partial charge is 0.316 e. The van der Waals surface area contributed by atoms with E-state index >= 15 is 0 Å². The van der Waals surface area contributed by atoms with Crippen LogP contribution in [0.25, 0.3) is 0 Å². The number of carbonyl (C=O) groups is 1. The maximum absolute atomic E-state index is 10.4. The molecule has 0 saturated heterocycles. The van der Waals surface area contributed by atoms with E-state index in [2.05, 4.69) is 4.36 Å². The van der Waals surface area contributed by atoms with Crippen molar-refractivity contribution < 1.29 is 18.3 Å². The summed E-state index contributed by atoms with van der Waals surface area (Å²) in [7, 11) is -2.57. The molecule has 0 bridgehead atoms. The first-order chi connectivity index (χ1) is 6.99. The maximum Gasteiger partial charge on any atom is 0.316 e. The van der Waals surface area contributed by atoms with Crippen LogP contribution in [-0.4, -0.2) is 19.5 Å². The van der Waals surface area contributed by atoms with E-state index in [0.29, 0.717) is 5.56 Å². The summed E-state index contributed by atoms with van der Waals surface area (Å²) < 4.78 is 23.7. The van der Waals surface area contributed by atoms with Crippen molar-refractivity contribution in [2.75, 3.05) is 0 Å². The fraction of sp³-hybridized carbons (Fsp3) is 0.125. The van der Waals surface area contributed by atoms with E-state index in [9.17, 15) is 13.2 Å². The van der Waals surface area contributed by atoms with E-state index in [1.165, 1.54) is 18.2 Å². The first-order valence-corrected chi connectivity index (χ1v) is 5.21. The Morgan fingerprint density at radius 2 is 2.13 bits per heavy atom. The number of carboxylic acid groups (broad SMARTS) is 1. The highest BCUT2D eigenvalue weighted by molar-refractivity contribution is 7.61. The molecule has 5 nitrogen and oxygen atoms in total.